The van der Waals surface area contributed by atoms with Gasteiger partial charge in [0, 0.05) is 29.3 Å². The molecule has 0 bridgehead atoms. The van der Waals surface area contributed by atoms with Crippen LogP contribution in [0.1, 0.15) is 5.82 Å². The minimum Gasteiger partial charge on any atom is -0.411 e. The van der Waals surface area contributed by atoms with Gasteiger partial charge in [-0.15, -0.1) is 10.2 Å². The predicted molar refractivity (Wildman–Crippen MR) is 108 cm³/mol. The Kier molecular flexibility index (Phi) is 4.17. The third kappa shape index (κ3) is 3.07. The van der Waals surface area contributed by atoms with Crippen LogP contribution in [-0.2, 0) is 6.42 Å². The Labute approximate surface area is 163 Å². The lowest BCUT2D eigenvalue weighted by atomic mass is 10.2. The summed E-state index contributed by atoms with van der Waals surface area (Å²) in [5, 5.41) is 10.4. The zero-order valence-electron chi connectivity index (χ0n) is 14.7. The first-order chi connectivity index (χ1) is 13.8. The fourth-order valence-corrected chi connectivity index (χ4v) is 3.82. The number of hydrogen-bond acceptors (Lipinski definition) is 6. The third-order valence-corrected chi connectivity index (χ3v) is 5.27. The van der Waals surface area contributed by atoms with Gasteiger partial charge in [-0.1, -0.05) is 42.1 Å². The first-order valence-electron chi connectivity index (χ1n) is 8.79. The van der Waals surface area contributed by atoms with E-state index >= 15 is 0 Å². The van der Waals surface area contributed by atoms with Crippen molar-refractivity contribution in [3.63, 3.8) is 0 Å². The molecule has 5 aromatic rings. The molecule has 0 aliphatic heterocycles. The lowest BCUT2D eigenvalue weighted by Gasteiger charge is -2.01. The number of hydrogen-bond donors (Lipinski definition) is 2. The van der Waals surface area contributed by atoms with Gasteiger partial charge in [-0.3, -0.25) is 4.79 Å². The molecule has 3 aromatic heterocycles. The Bertz CT molecular complexity index is 1340. The van der Waals surface area contributed by atoms with Crippen LogP contribution in [0.4, 0.5) is 0 Å². The second-order valence-electron chi connectivity index (χ2n) is 6.25. The molecule has 8 heteroatoms. The van der Waals surface area contributed by atoms with Crippen LogP contribution in [0.3, 0.4) is 0 Å². The quantitative estimate of drug-likeness (QED) is 0.444. The van der Waals surface area contributed by atoms with Gasteiger partial charge in [0.05, 0.1) is 16.5 Å². The number of thioether (sulfide) groups is 1. The standard InChI is InChI=1S/C20H15N5O2S/c26-18-13-6-2-4-8-16(13)22-17(23-18)9-10-28-20-25-24-19(27-20)14-11-21-15-7-3-1-5-12(14)15/h1-8,11,21H,9-10H2,(H,22,23,26). The molecule has 5 rings (SSSR count). The Morgan fingerprint density at radius 2 is 1.82 bits per heavy atom. The highest BCUT2D eigenvalue weighted by Crippen LogP contribution is 2.29. The van der Waals surface area contributed by atoms with Crippen LogP contribution in [0.25, 0.3) is 33.3 Å². The largest absolute Gasteiger partial charge is 0.411 e. The molecule has 0 aliphatic carbocycles. The Morgan fingerprint density at radius 3 is 2.75 bits per heavy atom. The number of para-hydroxylation sites is 2. The highest BCUT2D eigenvalue weighted by molar-refractivity contribution is 7.99. The number of aromatic amines is 2. The van der Waals surface area contributed by atoms with Gasteiger partial charge in [-0.05, 0) is 18.2 Å². The van der Waals surface area contributed by atoms with E-state index in [2.05, 4.69) is 25.1 Å². The number of H-pyrrole nitrogens is 2. The molecule has 0 radical (unpaired) electrons. The van der Waals surface area contributed by atoms with Crippen LogP contribution >= 0.6 is 11.8 Å². The summed E-state index contributed by atoms with van der Waals surface area (Å²) in [5.74, 6) is 1.79. The maximum Gasteiger partial charge on any atom is 0.276 e. The molecule has 3 heterocycles. The number of nitrogens with one attached hydrogen (secondary N) is 2. The van der Waals surface area contributed by atoms with Crippen LogP contribution in [-0.4, -0.2) is 30.9 Å². The van der Waals surface area contributed by atoms with Crippen LogP contribution in [0, 0.1) is 0 Å². The summed E-state index contributed by atoms with van der Waals surface area (Å²) in [6.45, 7) is 0. The molecule has 0 spiro atoms. The van der Waals surface area contributed by atoms with Gasteiger partial charge in [0.1, 0.15) is 5.82 Å². The molecule has 0 aliphatic rings. The van der Waals surface area contributed by atoms with Crippen molar-refractivity contribution >= 4 is 33.6 Å². The van der Waals surface area contributed by atoms with E-state index in [1.807, 2.05) is 48.7 Å². The smallest absolute Gasteiger partial charge is 0.276 e. The van der Waals surface area contributed by atoms with E-state index in [1.54, 1.807) is 6.07 Å². The van der Waals surface area contributed by atoms with E-state index in [4.69, 9.17) is 4.42 Å². The molecule has 28 heavy (non-hydrogen) atoms. The monoisotopic (exact) mass is 389 g/mol. The molecule has 7 nitrogen and oxygen atoms in total. The lowest BCUT2D eigenvalue weighted by molar-refractivity contribution is 0.466. The first kappa shape index (κ1) is 16.8. The van der Waals surface area contributed by atoms with E-state index < -0.39 is 0 Å². The van der Waals surface area contributed by atoms with Crippen molar-refractivity contribution in [2.75, 3.05) is 5.75 Å². The van der Waals surface area contributed by atoms with Gasteiger partial charge in [-0.25, -0.2) is 4.98 Å². The number of aryl methyl sites for hydroxylation is 1. The number of fused-ring (bicyclic) bond motifs is 2. The summed E-state index contributed by atoms with van der Waals surface area (Å²) in [4.78, 5) is 22.7. The molecular weight excluding hydrogens is 374 g/mol. The summed E-state index contributed by atoms with van der Waals surface area (Å²) in [6.07, 6.45) is 2.46. The second kappa shape index (κ2) is 6.97. The topological polar surface area (TPSA) is 100 Å². The minimum absolute atomic E-state index is 0.120. The van der Waals surface area contributed by atoms with Gasteiger partial charge < -0.3 is 14.4 Å². The van der Waals surface area contributed by atoms with Crippen molar-refractivity contribution in [1.82, 2.24) is 25.1 Å². The van der Waals surface area contributed by atoms with E-state index in [0.717, 1.165) is 16.5 Å². The van der Waals surface area contributed by atoms with Gasteiger partial charge in [0.25, 0.3) is 16.7 Å². The van der Waals surface area contributed by atoms with Gasteiger partial charge >= 0.3 is 0 Å². The maximum absolute atomic E-state index is 12.1. The Balaban J connectivity index is 1.30. The van der Waals surface area contributed by atoms with E-state index in [9.17, 15) is 4.79 Å². The minimum atomic E-state index is -0.120. The summed E-state index contributed by atoms with van der Waals surface area (Å²) >= 11 is 1.44. The number of nitrogens with zero attached hydrogens (tertiary/aromatic N) is 3. The fourth-order valence-electron chi connectivity index (χ4n) is 3.11. The number of rotatable bonds is 5. The third-order valence-electron chi connectivity index (χ3n) is 4.45. The average Bonchev–Trinajstić information content (AvgIpc) is 3.35. The molecule has 0 amide bonds. The van der Waals surface area contributed by atoms with Crippen LogP contribution in [0.5, 0.6) is 0 Å². The summed E-state index contributed by atoms with van der Waals surface area (Å²) in [7, 11) is 0. The molecule has 2 N–H and O–H groups in total. The van der Waals surface area contributed by atoms with E-state index in [1.165, 1.54) is 11.8 Å². The fraction of sp³-hybridized carbons (Fsp3) is 0.100. The lowest BCUT2D eigenvalue weighted by Crippen LogP contribution is -2.12. The SMILES string of the molecule is O=c1[nH]c(CCSc2nnc(-c3c[nH]c4ccccc34)o2)nc2ccccc12. The molecule has 0 saturated heterocycles. The van der Waals surface area contributed by atoms with Crippen molar-refractivity contribution in [2.24, 2.45) is 0 Å². The van der Waals surface area contributed by atoms with Crippen LogP contribution < -0.4 is 5.56 Å². The Morgan fingerprint density at radius 1 is 1.00 bits per heavy atom. The summed E-state index contributed by atoms with van der Waals surface area (Å²) in [6, 6.07) is 15.3. The van der Waals surface area contributed by atoms with Crippen molar-refractivity contribution in [2.45, 2.75) is 11.6 Å². The predicted octanol–water partition coefficient (Wildman–Crippen LogP) is 3.79. The van der Waals surface area contributed by atoms with Gasteiger partial charge in [0.15, 0.2) is 0 Å². The number of aromatic nitrogens is 5. The summed E-state index contributed by atoms with van der Waals surface area (Å²) in [5.41, 5.74) is 2.49. The molecule has 2 aromatic carbocycles. The van der Waals surface area contributed by atoms with Crippen molar-refractivity contribution in [3.05, 3.63) is 70.9 Å². The van der Waals surface area contributed by atoms with Gasteiger partial charge in [-0.2, -0.15) is 0 Å². The zero-order chi connectivity index (χ0) is 18.9. The molecule has 0 unspecified atom stereocenters. The summed E-state index contributed by atoms with van der Waals surface area (Å²) < 4.78 is 5.80. The number of benzene rings is 2. The van der Waals surface area contributed by atoms with Crippen molar-refractivity contribution in [1.29, 1.82) is 0 Å². The van der Waals surface area contributed by atoms with E-state index in [0.29, 0.717) is 40.0 Å². The van der Waals surface area contributed by atoms with Crippen LogP contribution in [0.2, 0.25) is 0 Å². The zero-order valence-corrected chi connectivity index (χ0v) is 15.5. The average molecular weight is 389 g/mol. The molecular formula is C20H15N5O2S. The second-order valence-corrected chi connectivity index (χ2v) is 7.30. The van der Waals surface area contributed by atoms with Crippen molar-refractivity contribution < 1.29 is 4.42 Å². The molecule has 0 atom stereocenters. The molecule has 0 saturated carbocycles. The van der Waals surface area contributed by atoms with E-state index in [-0.39, 0.29) is 5.56 Å². The molecule has 138 valence electrons. The Hall–Kier alpha value is -3.39. The van der Waals surface area contributed by atoms with Crippen LogP contribution in [0.15, 0.2) is 69.2 Å². The van der Waals surface area contributed by atoms with Gasteiger partial charge in [0.2, 0.25) is 0 Å². The first-order valence-corrected chi connectivity index (χ1v) is 9.77. The maximum atomic E-state index is 12.1. The normalized spacial score (nSPS) is 11.4. The highest BCUT2D eigenvalue weighted by atomic mass is 32.2. The highest BCUT2D eigenvalue weighted by Gasteiger charge is 2.13. The van der Waals surface area contributed by atoms with Crippen molar-refractivity contribution in [3.8, 4) is 11.5 Å². The molecule has 0 fully saturated rings.